The summed E-state index contributed by atoms with van der Waals surface area (Å²) in [6.07, 6.45) is 12.4. The molecule has 5 aliphatic rings. The van der Waals surface area contributed by atoms with Gasteiger partial charge in [0.1, 0.15) is 29.2 Å². The van der Waals surface area contributed by atoms with E-state index in [0.29, 0.717) is 17.4 Å². The molecule has 184 valence electrons. The molecule has 1 heterocycles. The molecule has 4 aliphatic carbocycles. The quantitative estimate of drug-likeness (QED) is 0.341. The lowest BCUT2D eigenvalue weighted by atomic mass is 9.54. The Bertz CT molecular complexity index is 1430. The Kier molecular flexibility index (Phi) is 6.19. The van der Waals surface area contributed by atoms with Gasteiger partial charge in [0.25, 0.3) is 0 Å². The summed E-state index contributed by atoms with van der Waals surface area (Å²) in [7, 11) is 1.75. The average molecular weight is 505 g/mol. The van der Waals surface area contributed by atoms with Gasteiger partial charge in [0.2, 0.25) is 0 Å². The number of hydrogen-bond donors (Lipinski definition) is 1. The summed E-state index contributed by atoms with van der Waals surface area (Å²) < 4.78 is 6.11. The minimum absolute atomic E-state index is 0.109. The highest BCUT2D eigenvalue weighted by molar-refractivity contribution is 8.03. The highest BCUT2D eigenvalue weighted by atomic mass is 32.2. The fourth-order valence-corrected chi connectivity index (χ4v) is 8.09. The van der Waals surface area contributed by atoms with E-state index < -0.39 is 0 Å². The third-order valence-corrected chi connectivity index (χ3v) is 9.44. The number of phenolic OH excluding ortho intramolecular Hbond substituents is 1. The third-order valence-electron chi connectivity index (χ3n) is 8.38. The molecule has 0 unspecified atom stereocenters. The first kappa shape index (κ1) is 23.7. The number of fused-ring (bicyclic) bond motifs is 1. The number of phenols is 1. The maximum Gasteiger partial charge on any atom is 0.137 e. The molecule has 4 nitrogen and oxygen atoms in total. The van der Waals surface area contributed by atoms with E-state index in [0.717, 1.165) is 44.1 Å². The van der Waals surface area contributed by atoms with Gasteiger partial charge in [0, 0.05) is 20.9 Å². The number of ether oxygens (including phenoxy) is 1. The minimum atomic E-state index is 0.109. The van der Waals surface area contributed by atoms with Crippen molar-refractivity contribution in [1.29, 1.82) is 10.5 Å². The van der Waals surface area contributed by atoms with Crippen LogP contribution in [0.25, 0.3) is 17.4 Å². The van der Waals surface area contributed by atoms with E-state index >= 15 is 0 Å². The molecule has 37 heavy (non-hydrogen) atoms. The van der Waals surface area contributed by atoms with Crippen LogP contribution in [0.3, 0.4) is 0 Å². The van der Waals surface area contributed by atoms with E-state index in [1.807, 2.05) is 66.8 Å². The van der Waals surface area contributed by atoms with E-state index in [4.69, 9.17) is 4.74 Å². The Morgan fingerprint density at radius 3 is 2.35 bits per heavy atom. The number of nitrogens with zero attached hydrogens (tertiary/aromatic N) is 2. The molecule has 2 aromatic rings. The zero-order valence-electron chi connectivity index (χ0n) is 20.8. The van der Waals surface area contributed by atoms with Gasteiger partial charge in [0.15, 0.2) is 0 Å². The summed E-state index contributed by atoms with van der Waals surface area (Å²) in [5, 5.41) is 29.5. The predicted molar refractivity (Wildman–Crippen MR) is 147 cm³/mol. The second-order valence-electron chi connectivity index (χ2n) is 10.6. The molecule has 5 heteroatoms. The van der Waals surface area contributed by atoms with Gasteiger partial charge in [-0.2, -0.15) is 10.5 Å². The molecule has 4 fully saturated rings. The number of nitriles is 2. The van der Waals surface area contributed by atoms with Crippen molar-refractivity contribution in [1.82, 2.24) is 0 Å². The summed E-state index contributed by atoms with van der Waals surface area (Å²) in [5.41, 5.74) is 5.01. The smallest absolute Gasteiger partial charge is 0.137 e. The average Bonchev–Trinajstić information content (AvgIpc) is 2.90. The van der Waals surface area contributed by atoms with Gasteiger partial charge < -0.3 is 9.84 Å². The van der Waals surface area contributed by atoms with Gasteiger partial charge >= 0.3 is 0 Å². The molecule has 0 radical (unpaired) electrons. The van der Waals surface area contributed by atoms with E-state index in [-0.39, 0.29) is 11.3 Å². The summed E-state index contributed by atoms with van der Waals surface area (Å²) >= 11 is 1.62. The van der Waals surface area contributed by atoms with E-state index in [9.17, 15) is 15.6 Å². The predicted octanol–water partition coefficient (Wildman–Crippen LogP) is 7.71. The van der Waals surface area contributed by atoms with Crippen LogP contribution in [0.1, 0.15) is 48.8 Å². The normalized spacial score (nSPS) is 25.3. The van der Waals surface area contributed by atoms with Gasteiger partial charge in [-0.25, -0.2) is 0 Å². The maximum atomic E-state index is 10.4. The van der Waals surface area contributed by atoms with Gasteiger partial charge in [-0.3, -0.25) is 0 Å². The number of aromatic hydroxyl groups is 1. The summed E-state index contributed by atoms with van der Waals surface area (Å²) in [4.78, 5) is 1.96. The highest BCUT2D eigenvalue weighted by Crippen LogP contribution is 2.58. The van der Waals surface area contributed by atoms with Crippen LogP contribution in [0.2, 0.25) is 0 Å². The summed E-state index contributed by atoms with van der Waals surface area (Å²) in [6.45, 7) is 0. The number of benzene rings is 2. The largest absolute Gasteiger partial charge is 0.508 e. The van der Waals surface area contributed by atoms with Crippen molar-refractivity contribution >= 4 is 29.2 Å². The van der Waals surface area contributed by atoms with Crippen LogP contribution in [0.5, 0.6) is 5.75 Å². The number of hydrogen-bond acceptors (Lipinski definition) is 5. The van der Waals surface area contributed by atoms with Gasteiger partial charge in [-0.1, -0.05) is 42.1 Å². The first-order valence-electron chi connectivity index (χ1n) is 12.9. The molecule has 0 aromatic heterocycles. The van der Waals surface area contributed by atoms with Crippen LogP contribution in [0.15, 0.2) is 75.6 Å². The molecule has 4 bridgehead atoms. The standard InChI is InChI=1S/C32H28N2O2S/c1-36-32(31-22-11-19-10-20(13-22)14-23(31)12-19)29-15-25(35)8-6-21(29)7-9-26-16-28(24(17-33)18-34)27-4-2-3-5-30(27)37-26/h2-9,15-16,19-20,22-23,35H,10-14H2,1H3/b9-7+,32-31?. The SMILES string of the molecule is COC(=C1C2CC3CC(C2)CC1C3)c1cc(O)ccc1/C=C/C1=CC(=C(C#N)C#N)c2ccccc2S1. The number of rotatable bonds is 4. The molecule has 1 aliphatic heterocycles. The third kappa shape index (κ3) is 4.28. The molecular weight excluding hydrogens is 476 g/mol. The first-order chi connectivity index (χ1) is 18.1. The number of methoxy groups -OCH3 is 1. The molecule has 2 aromatic carbocycles. The molecule has 7 rings (SSSR count). The van der Waals surface area contributed by atoms with Crippen LogP contribution >= 0.6 is 11.8 Å². The molecule has 1 N–H and O–H groups in total. The van der Waals surface area contributed by atoms with Gasteiger partial charge in [0.05, 0.1) is 7.11 Å². The summed E-state index contributed by atoms with van der Waals surface area (Å²) in [5.74, 6) is 4.05. The van der Waals surface area contributed by atoms with Crippen molar-refractivity contribution in [2.45, 2.75) is 37.0 Å². The Balaban J connectivity index is 1.40. The van der Waals surface area contributed by atoms with Crippen LogP contribution in [0.4, 0.5) is 0 Å². The van der Waals surface area contributed by atoms with Gasteiger partial charge in [-0.05, 0) is 103 Å². The molecule has 0 spiro atoms. The van der Waals surface area contributed by atoms with Gasteiger partial charge in [-0.15, -0.1) is 0 Å². The molecule has 0 atom stereocenters. The molecule has 4 saturated carbocycles. The van der Waals surface area contributed by atoms with Crippen LogP contribution < -0.4 is 0 Å². The summed E-state index contributed by atoms with van der Waals surface area (Å²) in [6, 6.07) is 17.4. The Hall–Kier alpha value is -3.67. The van der Waals surface area contributed by atoms with Crippen molar-refractivity contribution in [3.05, 3.63) is 87.4 Å². The Morgan fingerprint density at radius 1 is 0.973 bits per heavy atom. The fraction of sp³-hybridized carbons (Fsp3) is 0.312. The second-order valence-corrected chi connectivity index (χ2v) is 11.7. The minimum Gasteiger partial charge on any atom is -0.508 e. The van der Waals surface area contributed by atoms with Crippen LogP contribution in [-0.4, -0.2) is 12.2 Å². The molecular formula is C32H28N2O2S. The fourth-order valence-electron chi connectivity index (χ4n) is 7.09. The zero-order chi connectivity index (χ0) is 25.5. The second kappa shape index (κ2) is 9.66. The van der Waals surface area contributed by atoms with Crippen molar-refractivity contribution in [3.8, 4) is 17.9 Å². The van der Waals surface area contributed by atoms with E-state index in [1.165, 1.54) is 37.7 Å². The topological polar surface area (TPSA) is 77.0 Å². The maximum absolute atomic E-state index is 10.4. The van der Waals surface area contributed by atoms with Crippen molar-refractivity contribution in [3.63, 3.8) is 0 Å². The molecule has 0 amide bonds. The lowest BCUT2D eigenvalue weighted by Crippen LogP contribution is -2.40. The lowest BCUT2D eigenvalue weighted by Gasteiger charge is -2.51. The van der Waals surface area contributed by atoms with Crippen molar-refractivity contribution in [2.24, 2.45) is 23.7 Å². The Morgan fingerprint density at radius 2 is 1.68 bits per heavy atom. The molecule has 0 saturated heterocycles. The first-order valence-corrected chi connectivity index (χ1v) is 13.7. The van der Waals surface area contributed by atoms with Crippen molar-refractivity contribution < 1.29 is 9.84 Å². The lowest BCUT2D eigenvalue weighted by molar-refractivity contribution is 0.0675. The Labute approximate surface area is 222 Å². The monoisotopic (exact) mass is 504 g/mol. The van der Waals surface area contributed by atoms with Crippen molar-refractivity contribution in [2.75, 3.05) is 7.11 Å². The number of thioether (sulfide) groups is 1. The zero-order valence-corrected chi connectivity index (χ0v) is 21.6. The number of allylic oxidation sites excluding steroid dienone is 5. The van der Waals surface area contributed by atoms with E-state index in [1.54, 1.807) is 24.9 Å². The van der Waals surface area contributed by atoms with Crippen LogP contribution in [0, 0.1) is 46.3 Å². The highest BCUT2D eigenvalue weighted by Gasteiger charge is 2.46. The van der Waals surface area contributed by atoms with E-state index in [2.05, 4.69) is 0 Å². The van der Waals surface area contributed by atoms with Crippen LogP contribution in [-0.2, 0) is 4.74 Å².